The molecule has 0 saturated heterocycles. The van der Waals surface area contributed by atoms with Gasteiger partial charge in [0.25, 0.3) is 0 Å². The lowest BCUT2D eigenvalue weighted by atomic mass is 10.4. The molecule has 0 spiro atoms. The zero-order valence-corrected chi connectivity index (χ0v) is 5.96. The summed E-state index contributed by atoms with van der Waals surface area (Å²) in [6.45, 7) is 5.61. The van der Waals surface area contributed by atoms with Crippen LogP contribution in [0.5, 0.6) is 0 Å². The van der Waals surface area contributed by atoms with Gasteiger partial charge in [0.1, 0.15) is 5.76 Å². The number of hydrogen-bond donors (Lipinski definition) is 1. The van der Waals surface area contributed by atoms with E-state index in [9.17, 15) is 4.79 Å². The molecule has 1 N–H and O–H groups in total. The fraction of sp³-hybridized carbons (Fsp3) is 0.286. The van der Waals surface area contributed by atoms with Crippen molar-refractivity contribution in [2.75, 3.05) is 6.54 Å². The first-order chi connectivity index (χ1) is 4.85. The summed E-state index contributed by atoms with van der Waals surface area (Å²) in [6, 6.07) is 0. The van der Waals surface area contributed by atoms with E-state index in [-0.39, 0.29) is 0 Å². The van der Waals surface area contributed by atoms with Gasteiger partial charge in [-0.1, -0.05) is 6.58 Å². The van der Waals surface area contributed by atoms with E-state index in [1.54, 1.807) is 6.08 Å². The minimum Gasteiger partial charge on any atom is -0.468 e. The normalized spacial score (nSPS) is 10.3. The van der Waals surface area contributed by atoms with Crippen molar-refractivity contribution in [2.24, 2.45) is 0 Å². The van der Waals surface area contributed by atoms with Crippen LogP contribution in [0.4, 0.5) is 0 Å². The maximum Gasteiger partial charge on any atom is 0.207 e. The Bertz CT molecular complexity index is 141. The smallest absolute Gasteiger partial charge is 0.207 e. The maximum absolute atomic E-state index is 9.81. The van der Waals surface area contributed by atoms with Crippen LogP contribution in [0.1, 0.15) is 6.92 Å². The highest BCUT2D eigenvalue weighted by Crippen LogP contribution is 1.93. The molecule has 0 aromatic heterocycles. The van der Waals surface area contributed by atoms with Crippen molar-refractivity contribution in [3.8, 4) is 0 Å². The van der Waals surface area contributed by atoms with Crippen LogP contribution in [0.3, 0.4) is 0 Å². The molecule has 0 heterocycles. The van der Waals surface area contributed by atoms with Crippen LogP contribution in [0, 0.1) is 0 Å². The van der Waals surface area contributed by atoms with Crippen molar-refractivity contribution < 1.29 is 9.53 Å². The number of carbonyl (C=O) groups excluding carboxylic acids is 1. The average Bonchev–Trinajstić information content (AvgIpc) is 1.98. The van der Waals surface area contributed by atoms with Gasteiger partial charge in [-0.15, -0.1) is 0 Å². The van der Waals surface area contributed by atoms with Gasteiger partial charge in [0.15, 0.2) is 0 Å². The first-order valence-corrected chi connectivity index (χ1v) is 2.95. The Labute approximate surface area is 60.4 Å². The summed E-state index contributed by atoms with van der Waals surface area (Å²) < 4.78 is 4.90. The highest BCUT2D eigenvalue weighted by atomic mass is 16.5. The van der Waals surface area contributed by atoms with E-state index in [4.69, 9.17) is 4.74 Å². The Morgan fingerprint density at radius 2 is 2.50 bits per heavy atom. The summed E-state index contributed by atoms with van der Waals surface area (Å²) in [5.74, 6) is 0.683. The molecular weight excluding hydrogens is 130 g/mol. The average molecular weight is 141 g/mol. The third kappa shape index (κ3) is 3.72. The lowest BCUT2D eigenvalue weighted by Crippen LogP contribution is -2.14. The van der Waals surface area contributed by atoms with E-state index >= 15 is 0 Å². The number of carbonyl (C=O) groups is 1. The zero-order valence-electron chi connectivity index (χ0n) is 5.96. The van der Waals surface area contributed by atoms with Gasteiger partial charge in [0.05, 0.1) is 12.8 Å². The van der Waals surface area contributed by atoms with Crippen LogP contribution in [0.2, 0.25) is 0 Å². The van der Waals surface area contributed by atoms with Gasteiger partial charge >= 0.3 is 0 Å². The van der Waals surface area contributed by atoms with Crippen molar-refractivity contribution >= 4 is 6.41 Å². The molecule has 0 aliphatic carbocycles. The van der Waals surface area contributed by atoms with Crippen molar-refractivity contribution in [1.82, 2.24) is 5.32 Å². The van der Waals surface area contributed by atoms with Gasteiger partial charge in [-0.25, -0.2) is 0 Å². The van der Waals surface area contributed by atoms with E-state index in [0.717, 1.165) is 0 Å². The summed E-state index contributed by atoms with van der Waals surface area (Å²) in [7, 11) is 0. The molecule has 0 fully saturated rings. The first kappa shape index (κ1) is 8.75. The van der Waals surface area contributed by atoms with E-state index in [1.807, 2.05) is 6.92 Å². The van der Waals surface area contributed by atoms with Gasteiger partial charge in [0.2, 0.25) is 6.41 Å². The molecule has 3 nitrogen and oxygen atoms in total. The van der Waals surface area contributed by atoms with Gasteiger partial charge in [0, 0.05) is 0 Å². The number of ether oxygens (including phenoxy) is 1. The Balaban J connectivity index is 3.60. The lowest BCUT2D eigenvalue weighted by molar-refractivity contribution is -0.109. The fourth-order valence-electron chi connectivity index (χ4n) is 0.461. The van der Waals surface area contributed by atoms with E-state index < -0.39 is 0 Å². The molecule has 56 valence electrons. The molecular formula is C7H11NO2. The second-order valence-electron chi connectivity index (χ2n) is 1.54. The molecule has 0 aliphatic rings. The van der Waals surface area contributed by atoms with Crippen LogP contribution in [0.15, 0.2) is 24.7 Å². The monoisotopic (exact) mass is 141 g/mol. The largest absolute Gasteiger partial charge is 0.468 e. The molecule has 0 aliphatic heterocycles. The molecule has 1 amide bonds. The van der Waals surface area contributed by atoms with E-state index in [0.29, 0.717) is 18.7 Å². The molecule has 0 unspecified atom stereocenters. The molecule has 3 heteroatoms. The highest BCUT2D eigenvalue weighted by molar-refractivity contribution is 5.46. The van der Waals surface area contributed by atoms with Crippen molar-refractivity contribution in [1.29, 1.82) is 0 Å². The summed E-state index contributed by atoms with van der Waals surface area (Å²) in [4.78, 5) is 9.81. The number of amides is 1. The standard InChI is InChI=1S/C7H11NO2/c1-3-7(10-4-2)5-8-6-9/h3-4,6H,2,5H2,1H3,(H,8,9)/b7-3-. The number of rotatable bonds is 5. The minimum atomic E-state index is 0.409. The number of nitrogens with one attached hydrogen (secondary N) is 1. The summed E-state index contributed by atoms with van der Waals surface area (Å²) in [5, 5.41) is 2.46. The van der Waals surface area contributed by atoms with Crippen LogP contribution in [-0.4, -0.2) is 13.0 Å². The Kier molecular flexibility index (Phi) is 5.14. The first-order valence-electron chi connectivity index (χ1n) is 2.95. The fourth-order valence-corrected chi connectivity index (χ4v) is 0.461. The Hall–Kier alpha value is -1.25. The van der Waals surface area contributed by atoms with Crippen molar-refractivity contribution in [3.63, 3.8) is 0 Å². The predicted octanol–water partition coefficient (Wildman–Crippen LogP) is 0.796. The molecule has 0 rings (SSSR count). The van der Waals surface area contributed by atoms with Gasteiger partial charge < -0.3 is 10.1 Å². The Morgan fingerprint density at radius 3 is 2.90 bits per heavy atom. The second-order valence-corrected chi connectivity index (χ2v) is 1.54. The second kappa shape index (κ2) is 5.88. The molecule has 0 aromatic rings. The van der Waals surface area contributed by atoms with Crippen molar-refractivity contribution in [2.45, 2.75) is 6.92 Å². The van der Waals surface area contributed by atoms with E-state index in [2.05, 4.69) is 11.9 Å². The molecule has 0 bridgehead atoms. The third-order valence-corrected chi connectivity index (χ3v) is 0.916. The van der Waals surface area contributed by atoms with Gasteiger partial charge in [-0.05, 0) is 13.0 Å². The summed E-state index contributed by atoms with van der Waals surface area (Å²) in [6.07, 6.45) is 3.70. The molecule has 0 saturated carbocycles. The van der Waals surface area contributed by atoms with Crippen LogP contribution in [0.25, 0.3) is 0 Å². The van der Waals surface area contributed by atoms with Crippen molar-refractivity contribution in [3.05, 3.63) is 24.7 Å². The predicted molar refractivity (Wildman–Crippen MR) is 39.1 cm³/mol. The molecule has 0 aromatic carbocycles. The van der Waals surface area contributed by atoms with E-state index in [1.165, 1.54) is 6.26 Å². The van der Waals surface area contributed by atoms with Crippen LogP contribution < -0.4 is 5.32 Å². The Morgan fingerprint density at radius 1 is 1.80 bits per heavy atom. The van der Waals surface area contributed by atoms with Crippen LogP contribution >= 0.6 is 0 Å². The maximum atomic E-state index is 9.81. The minimum absolute atomic E-state index is 0.409. The third-order valence-electron chi connectivity index (χ3n) is 0.916. The van der Waals surface area contributed by atoms with Crippen LogP contribution in [-0.2, 0) is 9.53 Å². The lowest BCUT2D eigenvalue weighted by Gasteiger charge is -2.02. The zero-order chi connectivity index (χ0) is 7.82. The molecule has 10 heavy (non-hydrogen) atoms. The summed E-state index contributed by atoms with van der Waals surface area (Å²) >= 11 is 0. The molecule has 0 radical (unpaired) electrons. The van der Waals surface area contributed by atoms with Gasteiger partial charge in [-0.3, -0.25) is 4.79 Å². The topological polar surface area (TPSA) is 38.3 Å². The highest BCUT2D eigenvalue weighted by Gasteiger charge is 1.90. The SMILES string of the molecule is C=CO/C(=C\C)CNC=O. The quantitative estimate of drug-likeness (QED) is 0.454. The summed E-state index contributed by atoms with van der Waals surface area (Å²) in [5.41, 5.74) is 0. The number of allylic oxidation sites excluding steroid dienone is 1. The number of hydrogen-bond acceptors (Lipinski definition) is 2. The molecule has 0 atom stereocenters. The van der Waals surface area contributed by atoms with Gasteiger partial charge in [-0.2, -0.15) is 0 Å².